The first kappa shape index (κ1) is 16.8. The van der Waals surface area contributed by atoms with Crippen LogP contribution in [-0.2, 0) is 4.79 Å². The van der Waals surface area contributed by atoms with Gasteiger partial charge < -0.3 is 25.2 Å². The van der Waals surface area contributed by atoms with Crippen molar-refractivity contribution in [1.82, 2.24) is 5.32 Å². The van der Waals surface area contributed by atoms with E-state index < -0.39 is 5.97 Å². The van der Waals surface area contributed by atoms with Gasteiger partial charge in [0.15, 0.2) is 11.5 Å². The number of amides is 1. The molecule has 0 saturated carbocycles. The summed E-state index contributed by atoms with van der Waals surface area (Å²) >= 11 is 0. The number of anilines is 1. The summed E-state index contributed by atoms with van der Waals surface area (Å²) in [5.74, 6) is -0.784. The summed E-state index contributed by atoms with van der Waals surface area (Å²) < 4.78 is 10.2. The topological polar surface area (TPSA) is 96.9 Å². The van der Waals surface area contributed by atoms with Gasteiger partial charge in [-0.1, -0.05) is 6.92 Å². The third-order valence-corrected chi connectivity index (χ3v) is 2.81. The van der Waals surface area contributed by atoms with Crippen LogP contribution in [0.15, 0.2) is 12.1 Å². The Balaban J connectivity index is 2.98. The monoisotopic (exact) mass is 296 g/mol. The summed E-state index contributed by atoms with van der Waals surface area (Å²) in [6, 6.07) is 2.76. The highest BCUT2D eigenvalue weighted by molar-refractivity contribution is 6.01. The van der Waals surface area contributed by atoms with E-state index in [4.69, 9.17) is 9.47 Å². The summed E-state index contributed by atoms with van der Waals surface area (Å²) in [6.07, 6.45) is 0.251. The lowest BCUT2D eigenvalue weighted by Gasteiger charge is -2.13. The number of hydrogen-bond acceptors (Lipinski definition) is 5. The molecule has 1 rings (SSSR count). The minimum Gasteiger partial charge on any atom is -0.493 e. The van der Waals surface area contributed by atoms with E-state index >= 15 is 0 Å². The van der Waals surface area contributed by atoms with E-state index in [0.717, 1.165) is 6.54 Å². The zero-order valence-corrected chi connectivity index (χ0v) is 12.4. The first-order valence-corrected chi connectivity index (χ1v) is 6.53. The molecule has 0 bridgehead atoms. The molecule has 0 fully saturated rings. The Kier molecular flexibility index (Phi) is 6.48. The quantitative estimate of drug-likeness (QED) is 0.626. The Morgan fingerprint density at radius 2 is 1.81 bits per heavy atom. The van der Waals surface area contributed by atoms with Gasteiger partial charge in [-0.15, -0.1) is 0 Å². The Morgan fingerprint density at radius 3 is 2.33 bits per heavy atom. The Hall–Kier alpha value is -2.28. The molecule has 0 spiro atoms. The van der Waals surface area contributed by atoms with Crippen molar-refractivity contribution in [3.63, 3.8) is 0 Å². The molecule has 0 aliphatic carbocycles. The molecular weight excluding hydrogens is 276 g/mol. The fraction of sp³-hybridized carbons (Fsp3) is 0.429. The van der Waals surface area contributed by atoms with Gasteiger partial charge in [-0.2, -0.15) is 0 Å². The second kappa shape index (κ2) is 8.11. The zero-order chi connectivity index (χ0) is 15.8. The molecule has 116 valence electrons. The van der Waals surface area contributed by atoms with Crippen LogP contribution in [0.2, 0.25) is 0 Å². The highest BCUT2D eigenvalue weighted by atomic mass is 16.5. The average Bonchev–Trinajstić information content (AvgIpc) is 2.46. The van der Waals surface area contributed by atoms with Crippen LogP contribution in [0.5, 0.6) is 11.5 Å². The normalized spacial score (nSPS) is 10.0. The first-order valence-electron chi connectivity index (χ1n) is 6.53. The van der Waals surface area contributed by atoms with Gasteiger partial charge in [-0.05, 0) is 6.54 Å². The molecule has 3 N–H and O–H groups in total. The van der Waals surface area contributed by atoms with Crippen molar-refractivity contribution >= 4 is 17.6 Å². The van der Waals surface area contributed by atoms with Crippen molar-refractivity contribution in [3.8, 4) is 11.5 Å². The van der Waals surface area contributed by atoms with Crippen LogP contribution < -0.4 is 20.1 Å². The number of benzene rings is 1. The molecule has 0 atom stereocenters. The second-order valence-corrected chi connectivity index (χ2v) is 4.21. The number of carbonyl (C=O) groups is 2. The summed E-state index contributed by atoms with van der Waals surface area (Å²) in [4.78, 5) is 23.1. The van der Waals surface area contributed by atoms with E-state index in [1.165, 1.54) is 26.4 Å². The molecule has 1 aromatic carbocycles. The molecule has 0 aliphatic rings. The van der Waals surface area contributed by atoms with Crippen molar-refractivity contribution in [2.45, 2.75) is 13.3 Å². The van der Waals surface area contributed by atoms with E-state index in [1.54, 1.807) is 0 Å². The molecule has 7 heteroatoms. The average molecular weight is 296 g/mol. The fourth-order valence-electron chi connectivity index (χ4n) is 1.75. The molecule has 1 amide bonds. The van der Waals surface area contributed by atoms with E-state index in [0.29, 0.717) is 18.0 Å². The number of carboxylic acids is 1. The molecule has 0 aromatic heterocycles. The third-order valence-electron chi connectivity index (χ3n) is 2.81. The van der Waals surface area contributed by atoms with Crippen molar-refractivity contribution in [1.29, 1.82) is 0 Å². The molecule has 0 heterocycles. The summed E-state index contributed by atoms with van der Waals surface area (Å²) in [6.45, 7) is 3.23. The van der Waals surface area contributed by atoms with Gasteiger partial charge in [-0.25, -0.2) is 4.79 Å². The minimum absolute atomic E-state index is 0.0514. The number of aromatic carboxylic acids is 1. The lowest BCUT2D eigenvalue weighted by atomic mass is 10.1. The Bertz CT molecular complexity index is 516. The number of hydrogen-bond donors (Lipinski definition) is 3. The SMILES string of the molecule is CCNCCC(=O)Nc1cc(OC)c(OC)cc1C(=O)O. The maximum Gasteiger partial charge on any atom is 0.337 e. The fourth-order valence-corrected chi connectivity index (χ4v) is 1.75. The van der Waals surface area contributed by atoms with E-state index in [1.807, 2.05) is 6.92 Å². The first-order chi connectivity index (χ1) is 10.0. The highest BCUT2D eigenvalue weighted by Crippen LogP contribution is 2.33. The second-order valence-electron chi connectivity index (χ2n) is 4.21. The van der Waals surface area contributed by atoms with Crippen molar-refractivity contribution < 1.29 is 24.2 Å². The standard InChI is InChI=1S/C14H20N2O5/c1-4-15-6-5-13(17)16-10-8-12(21-3)11(20-2)7-9(10)14(18)19/h7-8,15H,4-6H2,1-3H3,(H,16,17)(H,18,19). The van der Waals surface area contributed by atoms with Gasteiger partial charge in [0.05, 0.1) is 25.5 Å². The maximum atomic E-state index is 11.8. The number of methoxy groups -OCH3 is 2. The van der Waals surface area contributed by atoms with Crippen LogP contribution in [0.4, 0.5) is 5.69 Å². The number of nitrogens with one attached hydrogen (secondary N) is 2. The van der Waals surface area contributed by atoms with Crippen LogP contribution in [0.25, 0.3) is 0 Å². The van der Waals surface area contributed by atoms with Crippen LogP contribution in [-0.4, -0.2) is 44.3 Å². The van der Waals surface area contributed by atoms with Crippen molar-refractivity contribution in [2.75, 3.05) is 32.6 Å². The highest BCUT2D eigenvalue weighted by Gasteiger charge is 2.17. The van der Waals surface area contributed by atoms with E-state index in [-0.39, 0.29) is 23.6 Å². The molecule has 1 aromatic rings. The Morgan fingerprint density at radius 1 is 1.19 bits per heavy atom. The predicted octanol–water partition coefficient (Wildman–Crippen LogP) is 1.34. The summed E-state index contributed by atoms with van der Waals surface area (Å²) in [5, 5.41) is 14.8. The molecule has 0 aliphatic heterocycles. The summed E-state index contributed by atoms with van der Waals surface area (Å²) in [5.41, 5.74) is 0.131. The minimum atomic E-state index is -1.15. The lowest BCUT2D eigenvalue weighted by Crippen LogP contribution is -2.22. The van der Waals surface area contributed by atoms with Crippen molar-refractivity contribution in [3.05, 3.63) is 17.7 Å². The predicted molar refractivity (Wildman–Crippen MR) is 78.3 cm³/mol. The molecule has 0 radical (unpaired) electrons. The molecule has 0 saturated heterocycles. The molecular formula is C14H20N2O5. The van der Waals surface area contributed by atoms with Crippen LogP contribution in [0, 0.1) is 0 Å². The van der Waals surface area contributed by atoms with Gasteiger partial charge in [-0.3, -0.25) is 4.79 Å². The zero-order valence-electron chi connectivity index (χ0n) is 12.4. The lowest BCUT2D eigenvalue weighted by molar-refractivity contribution is -0.116. The number of rotatable bonds is 8. The van der Waals surface area contributed by atoms with Gasteiger partial charge in [0.25, 0.3) is 0 Å². The molecule has 21 heavy (non-hydrogen) atoms. The van der Waals surface area contributed by atoms with Gasteiger partial charge >= 0.3 is 5.97 Å². The number of carbonyl (C=O) groups excluding carboxylic acids is 1. The smallest absolute Gasteiger partial charge is 0.337 e. The Labute approximate surface area is 123 Å². The van der Waals surface area contributed by atoms with Gasteiger partial charge in [0, 0.05) is 25.1 Å². The van der Waals surface area contributed by atoms with Gasteiger partial charge in [0.1, 0.15) is 0 Å². The van der Waals surface area contributed by atoms with Crippen LogP contribution in [0.3, 0.4) is 0 Å². The number of carboxylic acid groups (broad SMARTS) is 1. The largest absolute Gasteiger partial charge is 0.493 e. The molecule has 0 unspecified atom stereocenters. The summed E-state index contributed by atoms with van der Waals surface area (Å²) in [7, 11) is 2.85. The van der Waals surface area contributed by atoms with E-state index in [2.05, 4.69) is 10.6 Å². The van der Waals surface area contributed by atoms with Crippen LogP contribution in [0.1, 0.15) is 23.7 Å². The third kappa shape index (κ3) is 4.64. The maximum absolute atomic E-state index is 11.8. The van der Waals surface area contributed by atoms with Crippen molar-refractivity contribution in [2.24, 2.45) is 0 Å². The van der Waals surface area contributed by atoms with Crippen LogP contribution >= 0.6 is 0 Å². The van der Waals surface area contributed by atoms with E-state index in [9.17, 15) is 14.7 Å². The number of ether oxygens (including phenoxy) is 2. The van der Waals surface area contributed by atoms with Gasteiger partial charge in [0.2, 0.25) is 5.91 Å². The molecule has 7 nitrogen and oxygen atoms in total.